The Morgan fingerprint density at radius 2 is 1.51 bits per heavy atom. The Hall–Kier alpha value is -6.56. The number of aromatic hydroxyl groups is 1. The highest BCUT2D eigenvalue weighted by molar-refractivity contribution is 6.09. The van der Waals surface area contributed by atoms with Crippen LogP contribution in [0.25, 0.3) is 32.7 Å². The van der Waals surface area contributed by atoms with Gasteiger partial charge in [-0.15, -0.1) is 0 Å². The summed E-state index contributed by atoms with van der Waals surface area (Å²) in [6.07, 6.45) is 2.28. The maximum atomic E-state index is 13.7. The lowest BCUT2D eigenvalue weighted by atomic mass is 9.92. The Balaban J connectivity index is 1.35. The van der Waals surface area contributed by atoms with Crippen molar-refractivity contribution in [2.75, 3.05) is 26.9 Å². The van der Waals surface area contributed by atoms with Crippen LogP contribution >= 0.6 is 0 Å². The van der Waals surface area contributed by atoms with Crippen molar-refractivity contribution >= 4 is 45.3 Å². The summed E-state index contributed by atoms with van der Waals surface area (Å²) in [5.74, 6) is -1.02. The van der Waals surface area contributed by atoms with Crippen molar-refractivity contribution in [2.24, 2.45) is 5.73 Å². The van der Waals surface area contributed by atoms with Crippen molar-refractivity contribution in [3.05, 3.63) is 115 Å². The van der Waals surface area contributed by atoms with Crippen molar-refractivity contribution in [2.45, 2.75) is 31.3 Å². The topological polar surface area (TPSA) is 185 Å². The highest BCUT2D eigenvalue weighted by Crippen LogP contribution is 2.44. The van der Waals surface area contributed by atoms with Gasteiger partial charge in [-0.1, -0.05) is 85.5 Å². The van der Waals surface area contributed by atoms with Crippen molar-refractivity contribution in [3.63, 3.8) is 0 Å². The van der Waals surface area contributed by atoms with Gasteiger partial charge < -0.3 is 41.0 Å². The van der Waals surface area contributed by atoms with Crippen molar-refractivity contribution in [3.8, 4) is 28.4 Å². The fourth-order valence-electron chi connectivity index (χ4n) is 6.05. The van der Waals surface area contributed by atoms with Gasteiger partial charge in [-0.05, 0) is 64.2 Å². The molecule has 2 atom stereocenters. The van der Waals surface area contributed by atoms with E-state index in [1.807, 2.05) is 60.7 Å². The lowest BCUT2D eigenvalue weighted by Gasteiger charge is -2.23. The van der Waals surface area contributed by atoms with Crippen LogP contribution < -0.4 is 31.2 Å². The van der Waals surface area contributed by atoms with E-state index in [1.54, 1.807) is 42.5 Å². The van der Waals surface area contributed by atoms with Crippen LogP contribution in [0.4, 0.5) is 0 Å². The van der Waals surface area contributed by atoms with E-state index in [4.69, 9.17) is 25.4 Å². The number of esters is 1. The molecule has 0 radical (unpaired) electrons. The molecule has 0 spiro atoms. The molecule has 0 bridgehead atoms. The van der Waals surface area contributed by atoms with E-state index in [0.29, 0.717) is 35.7 Å². The number of fused-ring (bicyclic) bond motifs is 2. The molecular formula is C41H43N5O7. The highest BCUT2D eigenvalue weighted by atomic mass is 16.5. The monoisotopic (exact) mass is 717 g/mol. The smallest absolute Gasteiger partial charge is 0.328 e. The molecule has 0 aliphatic heterocycles. The fourth-order valence-corrected chi connectivity index (χ4v) is 6.05. The van der Waals surface area contributed by atoms with Crippen molar-refractivity contribution in [1.82, 2.24) is 16.0 Å². The molecule has 12 nitrogen and oxygen atoms in total. The maximum absolute atomic E-state index is 13.7. The molecule has 0 saturated heterocycles. The van der Waals surface area contributed by atoms with Crippen molar-refractivity contribution in [1.29, 1.82) is 5.41 Å². The first-order chi connectivity index (χ1) is 25.7. The predicted molar refractivity (Wildman–Crippen MR) is 205 cm³/mol. The summed E-state index contributed by atoms with van der Waals surface area (Å²) in [5.41, 5.74) is 7.36. The minimum Gasteiger partial charge on any atom is -0.507 e. The second-order valence-electron chi connectivity index (χ2n) is 12.3. The molecule has 2 amide bonds. The normalized spacial score (nSPS) is 11.9. The SMILES string of the molecule is C=CCOc1ccc(C[C@H](NC(=O)[C@@H](CCCNC(=N)N)NC(=O)COc2ccc3ccccc3c2-c2c(O)ccc3ccccc23)C(=O)OC)cc1. The molecule has 5 aromatic rings. The fraction of sp³-hybridized carbons (Fsp3) is 0.220. The molecule has 0 heterocycles. The zero-order valence-electron chi connectivity index (χ0n) is 29.4. The lowest BCUT2D eigenvalue weighted by molar-refractivity contribution is -0.145. The molecule has 0 aliphatic carbocycles. The van der Waals surface area contributed by atoms with Crippen LogP contribution in [0.1, 0.15) is 18.4 Å². The first kappa shape index (κ1) is 37.7. The van der Waals surface area contributed by atoms with E-state index in [0.717, 1.165) is 27.1 Å². The molecule has 0 unspecified atom stereocenters. The molecule has 53 heavy (non-hydrogen) atoms. The first-order valence-corrected chi connectivity index (χ1v) is 17.1. The van der Waals surface area contributed by atoms with Crippen LogP contribution in [-0.4, -0.2) is 67.8 Å². The number of hydrogen-bond acceptors (Lipinski definition) is 8. The number of guanidine groups is 1. The van der Waals surface area contributed by atoms with Gasteiger partial charge in [0.2, 0.25) is 5.91 Å². The number of methoxy groups -OCH3 is 1. The van der Waals surface area contributed by atoms with Crippen molar-refractivity contribution < 1.29 is 33.7 Å². The third-order valence-electron chi connectivity index (χ3n) is 8.58. The summed E-state index contributed by atoms with van der Waals surface area (Å²) in [5, 5.41) is 30.2. The number of rotatable bonds is 17. The largest absolute Gasteiger partial charge is 0.507 e. The van der Waals surface area contributed by atoms with Gasteiger partial charge in [0.25, 0.3) is 5.91 Å². The molecule has 0 saturated carbocycles. The molecule has 7 N–H and O–H groups in total. The number of amides is 2. The van der Waals surface area contributed by atoms with Crippen LogP contribution in [0.15, 0.2) is 110 Å². The summed E-state index contributed by atoms with van der Waals surface area (Å²) >= 11 is 0. The average Bonchev–Trinajstić information content (AvgIpc) is 3.17. The zero-order valence-corrected chi connectivity index (χ0v) is 29.4. The van der Waals surface area contributed by atoms with E-state index in [-0.39, 0.29) is 31.1 Å². The molecule has 0 fully saturated rings. The maximum Gasteiger partial charge on any atom is 0.328 e. The van der Waals surface area contributed by atoms with E-state index in [9.17, 15) is 19.5 Å². The Kier molecular flexibility index (Phi) is 12.9. The van der Waals surface area contributed by atoms with Gasteiger partial charge in [0.15, 0.2) is 12.6 Å². The van der Waals surface area contributed by atoms with Crippen LogP contribution in [0.2, 0.25) is 0 Å². The van der Waals surface area contributed by atoms with E-state index in [1.165, 1.54) is 7.11 Å². The Bertz CT molecular complexity index is 2100. The number of carbonyl (C=O) groups excluding carboxylic acids is 3. The second kappa shape index (κ2) is 18.1. The number of nitrogens with one attached hydrogen (secondary N) is 4. The summed E-state index contributed by atoms with van der Waals surface area (Å²) in [6, 6.07) is 27.4. The Morgan fingerprint density at radius 3 is 2.17 bits per heavy atom. The highest BCUT2D eigenvalue weighted by Gasteiger charge is 2.28. The Morgan fingerprint density at radius 1 is 0.849 bits per heavy atom. The third-order valence-corrected chi connectivity index (χ3v) is 8.58. The van der Waals surface area contributed by atoms with E-state index < -0.39 is 36.5 Å². The van der Waals surface area contributed by atoms with Gasteiger partial charge in [0, 0.05) is 24.1 Å². The van der Waals surface area contributed by atoms with Gasteiger partial charge in [-0.25, -0.2) is 4.79 Å². The number of carbonyl (C=O) groups is 3. The number of ether oxygens (including phenoxy) is 3. The van der Waals surface area contributed by atoms with Crippen LogP contribution in [0, 0.1) is 5.41 Å². The quantitative estimate of drug-likeness (QED) is 0.0254. The summed E-state index contributed by atoms with van der Waals surface area (Å²) < 4.78 is 16.7. The zero-order chi connectivity index (χ0) is 37.7. The van der Waals surface area contributed by atoms with Crippen LogP contribution in [0.5, 0.6) is 17.2 Å². The molecule has 12 heteroatoms. The molecule has 274 valence electrons. The van der Waals surface area contributed by atoms with Crippen LogP contribution in [0.3, 0.4) is 0 Å². The molecular weight excluding hydrogens is 674 g/mol. The molecule has 0 aliphatic rings. The van der Waals surface area contributed by atoms with Gasteiger partial charge in [-0.3, -0.25) is 15.0 Å². The lowest BCUT2D eigenvalue weighted by Crippen LogP contribution is -2.53. The van der Waals surface area contributed by atoms with Gasteiger partial charge >= 0.3 is 5.97 Å². The van der Waals surface area contributed by atoms with Gasteiger partial charge in [-0.2, -0.15) is 0 Å². The van der Waals surface area contributed by atoms with Gasteiger partial charge in [0.05, 0.1) is 7.11 Å². The Labute approximate surface area is 307 Å². The minimum absolute atomic E-state index is 0.0578. The molecule has 0 aromatic heterocycles. The number of nitrogens with two attached hydrogens (primary N) is 1. The average molecular weight is 718 g/mol. The summed E-state index contributed by atoms with van der Waals surface area (Å²) in [4.78, 5) is 40.0. The first-order valence-electron chi connectivity index (χ1n) is 17.1. The standard InChI is InChI=1S/C41H43N5O7/c1-3-23-52-29-18-14-26(15-19-29)24-33(40(50)51-2)46-39(49)32(13-8-22-44-41(42)43)45-36(48)25-53-35-21-17-28-10-5-7-12-31(28)38(35)37-30-11-6-4-9-27(30)16-20-34(37)47/h3-7,9-12,14-21,32-33,47H,1,8,13,22-25H2,2H3,(H,45,48)(H,46,49)(H4,42,43,44)/t32-,33+/m1/s1. The van der Waals surface area contributed by atoms with E-state index in [2.05, 4.69) is 22.5 Å². The second-order valence-corrected chi connectivity index (χ2v) is 12.3. The number of benzene rings is 5. The summed E-state index contributed by atoms with van der Waals surface area (Å²) in [7, 11) is 1.23. The van der Waals surface area contributed by atoms with Crippen LogP contribution in [-0.2, 0) is 25.5 Å². The van der Waals surface area contributed by atoms with Gasteiger partial charge in [0.1, 0.15) is 35.9 Å². The number of phenols is 1. The summed E-state index contributed by atoms with van der Waals surface area (Å²) in [6.45, 7) is 3.81. The van der Waals surface area contributed by atoms with E-state index >= 15 is 0 Å². The third kappa shape index (κ3) is 9.82. The molecule has 5 rings (SSSR count). The molecule has 5 aromatic carbocycles. The number of phenolic OH excluding ortho intramolecular Hbond substituents is 1. The minimum atomic E-state index is -1.07. The predicted octanol–water partition coefficient (Wildman–Crippen LogP) is 4.96. The number of hydrogen-bond donors (Lipinski definition) is 6.